The van der Waals surface area contributed by atoms with Crippen LogP contribution in [0.4, 0.5) is 5.69 Å². The van der Waals surface area contributed by atoms with Gasteiger partial charge in [-0.2, -0.15) is 0 Å². The van der Waals surface area contributed by atoms with Crippen molar-refractivity contribution in [1.29, 1.82) is 0 Å². The van der Waals surface area contributed by atoms with E-state index in [1.54, 1.807) is 44.0 Å². The van der Waals surface area contributed by atoms with Crippen molar-refractivity contribution in [3.05, 3.63) is 58.9 Å². The molecular weight excluding hydrogens is 360 g/mol. The van der Waals surface area contributed by atoms with E-state index in [1.165, 1.54) is 18.1 Å². The van der Waals surface area contributed by atoms with E-state index in [4.69, 9.17) is 14.2 Å². The second-order valence-electron chi connectivity index (χ2n) is 6.20. The van der Waals surface area contributed by atoms with Crippen LogP contribution in [0.15, 0.2) is 53.3 Å². The third-order valence-electron chi connectivity index (χ3n) is 4.59. The van der Waals surface area contributed by atoms with Crippen molar-refractivity contribution in [1.82, 2.24) is 4.57 Å². The molecule has 0 fully saturated rings. The van der Waals surface area contributed by atoms with Crippen LogP contribution in [0.25, 0.3) is 10.9 Å². The number of carbonyl (C=O) groups excluding carboxylic acids is 1. The number of anilines is 1. The maximum absolute atomic E-state index is 12.7. The highest BCUT2D eigenvalue weighted by molar-refractivity contribution is 5.96. The third-order valence-corrected chi connectivity index (χ3v) is 4.59. The zero-order valence-corrected chi connectivity index (χ0v) is 16.3. The van der Waals surface area contributed by atoms with Gasteiger partial charge in [0.05, 0.1) is 25.4 Å². The van der Waals surface area contributed by atoms with Crippen molar-refractivity contribution >= 4 is 22.5 Å². The van der Waals surface area contributed by atoms with E-state index < -0.39 is 0 Å². The van der Waals surface area contributed by atoms with Gasteiger partial charge in [-0.3, -0.25) is 9.59 Å². The van der Waals surface area contributed by atoms with Gasteiger partial charge in [-0.15, -0.1) is 0 Å². The van der Waals surface area contributed by atoms with Gasteiger partial charge in [0.2, 0.25) is 0 Å². The molecule has 1 amide bonds. The summed E-state index contributed by atoms with van der Waals surface area (Å²) in [6.45, 7) is -0.219. The molecule has 0 atom stereocenters. The Morgan fingerprint density at radius 1 is 1.04 bits per heavy atom. The van der Waals surface area contributed by atoms with Crippen LogP contribution in [0.1, 0.15) is 0 Å². The van der Waals surface area contributed by atoms with E-state index >= 15 is 0 Å². The van der Waals surface area contributed by atoms with Gasteiger partial charge in [-0.25, -0.2) is 0 Å². The van der Waals surface area contributed by atoms with E-state index in [0.717, 1.165) is 10.9 Å². The number of hydrogen-bond donors (Lipinski definition) is 0. The number of carbonyl (C=O) groups is 1. The maximum atomic E-state index is 12.7. The van der Waals surface area contributed by atoms with Crippen LogP contribution >= 0.6 is 0 Å². The Balaban J connectivity index is 1.82. The molecule has 3 aromatic rings. The fourth-order valence-electron chi connectivity index (χ4n) is 2.93. The molecule has 146 valence electrons. The first kappa shape index (κ1) is 19.3. The average Bonchev–Trinajstić information content (AvgIpc) is 2.74. The molecule has 0 aliphatic rings. The first-order valence-corrected chi connectivity index (χ1v) is 8.66. The lowest BCUT2D eigenvalue weighted by atomic mass is 10.2. The number of rotatable bonds is 6. The predicted molar refractivity (Wildman–Crippen MR) is 108 cm³/mol. The Morgan fingerprint density at radius 3 is 2.50 bits per heavy atom. The van der Waals surface area contributed by atoms with Crippen molar-refractivity contribution in [2.45, 2.75) is 0 Å². The fourth-order valence-corrected chi connectivity index (χ4v) is 2.93. The van der Waals surface area contributed by atoms with Crippen LogP contribution in [-0.4, -0.2) is 38.3 Å². The minimum atomic E-state index is -0.284. The number of amides is 1. The third kappa shape index (κ3) is 3.64. The van der Waals surface area contributed by atoms with Gasteiger partial charge in [0.25, 0.3) is 11.5 Å². The Hall–Kier alpha value is -3.48. The number of nitrogens with zero attached hydrogens (tertiary/aromatic N) is 2. The molecule has 0 radical (unpaired) electrons. The lowest BCUT2D eigenvalue weighted by Gasteiger charge is -2.21. The van der Waals surface area contributed by atoms with Crippen molar-refractivity contribution in [3.8, 4) is 17.2 Å². The summed E-state index contributed by atoms with van der Waals surface area (Å²) >= 11 is 0. The van der Waals surface area contributed by atoms with Gasteiger partial charge in [-0.05, 0) is 24.3 Å². The number of para-hydroxylation sites is 1. The molecule has 0 N–H and O–H groups in total. The summed E-state index contributed by atoms with van der Waals surface area (Å²) in [5.74, 6) is 1.23. The summed E-state index contributed by atoms with van der Waals surface area (Å²) < 4.78 is 17.8. The summed E-state index contributed by atoms with van der Waals surface area (Å²) in [5, 5.41) is 0.766. The van der Waals surface area contributed by atoms with Crippen LogP contribution in [0.2, 0.25) is 0 Å². The summed E-state index contributed by atoms with van der Waals surface area (Å²) in [4.78, 5) is 26.3. The highest BCUT2D eigenvalue weighted by atomic mass is 16.5. The number of aryl methyl sites for hydroxylation is 1. The highest BCUT2D eigenvalue weighted by Gasteiger charge is 2.17. The molecular formula is C21H22N2O5. The Bertz CT molecular complexity index is 1070. The monoisotopic (exact) mass is 382 g/mol. The summed E-state index contributed by atoms with van der Waals surface area (Å²) in [7, 11) is 6.42. The normalized spacial score (nSPS) is 10.6. The molecule has 1 aromatic heterocycles. The van der Waals surface area contributed by atoms with Crippen LogP contribution in [-0.2, 0) is 11.8 Å². The topological polar surface area (TPSA) is 70.0 Å². The molecule has 7 nitrogen and oxygen atoms in total. The SMILES string of the molecule is COc1ccc(N(C)C(=O)COc2cc(=O)n(C)c3ccccc23)c(OC)c1. The molecule has 0 unspecified atom stereocenters. The number of benzene rings is 2. The van der Waals surface area contributed by atoms with Crippen LogP contribution in [0.3, 0.4) is 0 Å². The average molecular weight is 382 g/mol. The molecule has 0 aliphatic carbocycles. The van der Waals surface area contributed by atoms with E-state index in [0.29, 0.717) is 22.9 Å². The molecule has 0 spiro atoms. The smallest absolute Gasteiger partial charge is 0.264 e. The maximum Gasteiger partial charge on any atom is 0.264 e. The number of ether oxygens (including phenoxy) is 3. The lowest BCUT2D eigenvalue weighted by molar-refractivity contribution is -0.120. The van der Waals surface area contributed by atoms with Crippen molar-refractivity contribution < 1.29 is 19.0 Å². The molecule has 0 aliphatic heterocycles. The zero-order valence-electron chi connectivity index (χ0n) is 16.3. The number of hydrogen-bond acceptors (Lipinski definition) is 5. The standard InChI is InChI=1S/C21H22N2O5/c1-22-16-8-6-5-7-15(16)18(12-20(22)24)28-13-21(25)23(2)17-10-9-14(26-3)11-19(17)27-4/h5-12H,13H2,1-4H3. The molecule has 2 aromatic carbocycles. The number of aromatic nitrogens is 1. The molecule has 0 bridgehead atoms. The Morgan fingerprint density at radius 2 is 1.79 bits per heavy atom. The molecule has 28 heavy (non-hydrogen) atoms. The fraction of sp³-hybridized carbons (Fsp3) is 0.238. The second kappa shape index (κ2) is 8.04. The Kier molecular flexibility index (Phi) is 5.54. The van der Waals surface area contributed by atoms with E-state index in [-0.39, 0.29) is 18.1 Å². The summed E-state index contributed by atoms with van der Waals surface area (Å²) in [6.07, 6.45) is 0. The first-order valence-electron chi connectivity index (χ1n) is 8.66. The summed E-state index contributed by atoms with van der Waals surface area (Å²) in [5.41, 5.74) is 1.12. The van der Waals surface area contributed by atoms with Gasteiger partial charge in [0.15, 0.2) is 6.61 Å². The second-order valence-corrected chi connectivity index (χ2v) is 6.20. The zero-order chi connectivity index (χ0) is 20.3. The van der Waals surface area contributed by atoms with Crippen LogP contribution < -0.4 is 24.7 Å². The van der Waals surface area contributed by atoms with Gasteiger partial charge in [-0.1, -0.05) is 12.1 Å². The largest absolute Gasteiger partial charge is 0.497 e. The number of pyridine rings is 1. The number of methoxy groups -OCH3 is 2. The van der Waals surface area contributed by atoms with Crippen molar-refractivity contribution in [2.24, 2.45) is 7.05 Å². The van der Waals surface area contributed by atoms with Crippen LogP contribution in [0.5, 0.6) is 17.2 Å². The van der Waals surface area contributed by atoms with Crippen LogP contribution in [0, 0.1) is 0 Å². The summed E-state index contributed by atoms with van der Waals surface area (Å²) in [6, 6.07) is 14.0. The van der Waals surface area contributed by atoms with Gasteiger partial charge >= 0.3 is 0 Å². The minimum Gasteiger partial charge on any atom is -0.497 e. The molecule has 0 saturated carbocycles. The van der Waals surface area contributed by atoms with E-state index in [9.17, 15) is 9.59 Å². The minimum absolute atomic E-state index is 0.202. The lowest BCUT2D eigenvalue weighted by Crippen LogP contribution is -2.31. The molecule has 7 heteroatoms. The number of likely N-dealkylation sites (N-methyl/N-ethyl adjacent to an activating group) is 1. The van der Waals surface area contributed by atoms with Gasteiger partial charge in [0, 0.05) is 31.6 Å². The Labute approximate surface area is 162 Å². The van der Waals surface area contributed by atoms with Gasteiger partial charge in [0.1, 0.15) is 17.2 Å². The number of fused-ring (bicyclic) bond motifs is 1. The highest BCUT2D eigenvalue weighted by Crippen LogP contribution is 2.31. The van der Waals surface area contributed by atoms with E-state index in [1.807, 2.05) is 24.3 Å². The molecule has 0 saturated heterocycles. The first-order chi connectivity index (χ1) is 13.5. The van der Waals surface area contributed by atoms with Crippen molar-refractivity contribution in [3.63, 3.8) is 0 Å². The quantitative estimate of drug-likeness (QED) is 0.655. The van der Waals surface area contributed by atoms with Gasteiger partial charge < -0.3 is 23.7 Å². The van der Waals surface area contributed by atoms with Crippen molar-refractivity contribution in [2.75, 3.05) is 32.8 Å². The predicted octanol–water partition coefficient (Wildman–Crippen LogP) is 2.60. The molecule has 1 heterocycles. The van der Waals surface area contributed by atoms with E-state index in [2.05, 4.69) is 0 Å². The molecule has 3 rings (SSSR count).